The molecule has 0 radical (unpaired) electrons. The van der Waals surface area contributed by atoms with E-state index in [4.69, 9.17) is 4.74 Å². The van der Waals surface area contributed by atoms with E-state index >= 15 is 0 Å². The monoisotopic (exact) mass is 357 g/mol. The van der Waals surface area contributed by atoms with E-state index in [2.05, 4.69) is 10.1 Å². The highest BCUT2D eigenvalue weighted by Gasteiger charge is 2.18. The molecular formula is C21H27NO4. The lowest BCUT2D eigenvalue weighted by molar-refractivity contribution is -0.139. The number of esters is 1. The highest BCUT2D eigenvalue weighted by molar-refractivity contribution is 5.72. The van der Waals surface area contributed by atoms with Crippen molar-refractivity contribution in [2.45, 2.75) is 38.5 Å². The molecule has 0 aromatic heterocycles. The summed E-state index contributed by atoms with van der Waals surface area (Å²) in [6, 6.07) is 17.0. The van der Waals surface area contributed by atoms with Gasteiger partial charge in [0.15, 0.2) is 0 Å². The van der Waals surface area contributed by atoms with Gasteiger partial charge in [-0.15, -0.1) is 0 Å². The number of nitrogens with one attached hydrogen (secondary N) is 1. The fourth-order valence-electron chi connectivity index (χ4n) is 2.69. The smallest absolute Gasteiger partial charge is 0.309 e. The van der Waals surface area contributed by atoms with Gasteiger partial charge in [0.05, 0.1) is 19.6 Å². The lowest BCUT2D eigenvalue weighted by atomic mass is 10.0. The Bertz CT molecular complexity index is 672. The molecule has 2 rings (SSSR count). The van der Waals surface area contributed by atoms with E-state index in [9.17, 15) is 9.90 Å². The number of aliphatic hydroxyl groups is 1. The standard InChI is InChI=1S/C21H27NO4/c1-15(22-16(2)21(24)18-7-5-4-6-8-18)14-26-19-11-9-17(10-12-19)13-20(23)25-3/h4-12,15-16,21-22,24H,13-14H2,1-3H3/t15?,16-,21-/m0/s1. The highest BCUT2D eigenvalue weighted by Crippen LogP contribution is 2.17. The van der Waals surface area contributed by atoms with E-state index < -0.39 is 6.10 Å². The first kappa shape index (κ1) is 19.9. The van der Waals surface area contributed by atoms with Gasteiger partial charge in [-0.25, -0.2) is 0 Å². The molecular weight excluding hydrogens is 330 g/mol. The van der Waals surface area contributed by atoms with Gasteiger partial charge in [0.25, 0.3) is 0 Å². The molecule has 0 saturated carbocycles. The van der Waals surface area contributed by atoms with E-state index in [0.29, 0.717) is 6.61 Å². The van der Waals surface area contributed by atoms with Gasteiger partial charge in [0.2, 0.25) is 0 Å². The van der Waals surface area contributed by atoms with Gasteiger partial charge in [0.1, 0.15) is 12.4 Å². The van der Waals surface area contributed by atoms with Gasteiger partial charge in [-0.2, -0.15) is 0 Å². The van der Waals surface area contributed by atoms with Crippen LogP contribution in [0.1, 0.15) is 31.1 Å². The van der Waals surface area contributed by atoms with Crippen molar-refractivity contribution in [2.24, 2.45) is 0 Å². The number of carbonyl (C=O) groups is 1. The second-order valence-electron chi connectivity index (χ2n) is 6.42. The minimum Gasteiger partial charge on any atom is -0.492 e. The Labute approximate surface area is 155 Å². The average molecular weight is 357 g/mol. The molecule has 0 bridgehead atoms. The molecule has 0 heterocycles. The van der Waals surface area contributed by atoms with Crippen LogP contribution in [0.5, 0.6) is 5.75 Å². The molecule has 3 atom stereocenters. The molecule has 2 N–H and O–H groups in total. The summed E-state index contributed by atoms with van der Waals surface area (Å²) in [5.74, 6) is 0.478. The lowest BCUT2D eigenvalue weighted by Crippen LogP contribution is -2.41. The molecule has 0 aliphatic carbocycles. The first-order valence-electron chi connectivity index (χ1n) is 8.77. The van der Waals surface area contributed by atoms with Crippen molar-refractivity contribution in [3.8, 4) is 5.75 Å². The number of hydrogen-bond donors (Lipinski definition) is 2. The van der Waals surface area contributed by atoms with Crippen LogP contribution < -0.4 is 10.1 Å². The first-order valence-corrected chi connectivity index (χ1v) is 8.77. The molecule has 0 amide bonds. The number of carbonyl (C=O) groups excluding carboxylic acids is 1. The summed E-state index contributed by atoms with van der Waals surface area (Å²) in [5.41, 5.74) is 1.77. The van der Waals surface area contributed by atoms with Crippen LogP contribution in [-0.4, -0.2) is 36.9 Å². The van der Waals surface area contributed by atoms with Crippen molar-refractivity contribution in [3.63, 3.8) is 0 Å². The maximum absolute atomic E-state index is 11.3. The summed E-state index contributed by atoms with van der Waals surface area (Å²) >= 11 is 0. The predicted octanol–water partition coefficient (Wildman–Crippen LogP) is 2.88. The van der Waals surface area contributed by atoms with E-state index in [0.717, 1.165) is 16.9 Å². The molecule has 5 heteroatoms. The molecule has 0 saturated heterocycles. The third kappa shape index (κ3) is 6.17. The summed E-state index contributed by atoms with van der Waals surface area (Å²) in [6.07, 6.45) is -0.319. The van der Waals surface area contributed by atoms with E-state index in [1.54, 1.807) is 0 Å². The van der Waals surface area contributed by atoms with Crippen molar-refractivity contribution in [1.29, 1.82) is 0 Å². The molecule has 26 heavy (non-hydrogen) atoms. The van der Waals surface area contributed by atoms with Crippen molar-refractivity contribution in [1.82, 2.24) is 5.32 Å². The Balaban J connectivity index is 1.79. The second kappa shape index (κ2) is 9.94. The van der Waals surface area contributed by atoms with Gasteiger partial charge in [-0.3, -0.25) is 4.79 Å². The van der Waals surface area contributed by atoms with Crippen molar-refractivity contribution < 1.29 is 19.4 Å². The number of aliphatic hydroxyl groups excluding tert-OH is 1. The Morgan fingerprint density at radius 2 is 1.73 bits per heavy atom. The molecule has 5 nitrogen and oxygen atoms in total. The Hall–Kier alpha value is -2.37. The fraction of sp³-hybridized carbons (Fsp3) is 0.381. The fourth-order valence-corrected chi connectivity index (χ4v) is 2.69. The normalized spacial score (nSPS) is 14.3. The second-order valence-corrected chi connectivity index (χ2v) is 6.42. The summed E-state index contributed by atoms with van der Waals surface area (Å²) < 4.78 is 10.4. The van der Waals surface area contributed by atoms with Crippen LogP contribution in [0.25, 0.3) is 0 Å². The minimum absolute atomic E-state index is 0.0677. The van der Waals surface area contributed by atoms with E-state index in [1.807, 2.05) is 68.4 Å². The van der Waals surface area contributed by atoms with E-state index in [1.165, 1.54) is 7.11 Å². The molecule has 1 unspecified atom stereocenters. The maximum atomic E-state index is 11.3. The van der Waals surface area contributed by atoms with Crippen LogP contribution in [0.15, 0.2) is 54.6 Å². The Kier molecular flexibility index (Phi) is 7.63. The summed E-state index contributed by atoms with van der Waals surface area (Å²) in [6.45, 7) is 4.44. The van der Waals surface area contributed by atoms with Crippen LogP contribution in [0.4, 0.5) is 0 Å². The van der Waals surface area contributed by atoms with Gasteiger partial charge < -0.3 is 19.9 Å². The lowest BCUT2D eigenvalue weighted by Gasteiger charge is -2.24. The molecule has 2 aromatic carbocycles. The minimum atomic E-state index is -0.573. The van der Waals surface area contributed by atoms with Crippen LogP contribution in [-0.2, 0) is 16.0 Å². The zero-order valence-electron chi connectivity index (χ0n) is 15.5. The van der Waals surface area contributed by atoms with Crippen LogP contribution >= 0.6 is 0 Å². The molecule has 2 aromatic rings. The number of benzene rings is 2. The molecule has 140 valence electrons. The summed E-state index contributed by atoms with van der Waals surface area (Å²) in [7, 11) is 1.38. The predicted molar refractivity (Wildman–Crippen MR) is 101 cm³/mol. The van der Waals surface area contributed by atoms with Crippen LogP contribution in [0.3, 0.4) is 0 Å². The highest BCUT2D eigenvalue weighted by atomic mass is 16.5. The van der Waals surface area contributed by atoms with Gasteiger partial charge in [0, 0.05) is 12.1 Å². The average Bonchev–Trinajstić information content (AvgIpc) is 2.67. The number of methoxy groups -OCH3 is 1. The van der Waals surface area contributed by atoms with Gasteiger partial charge in [-0.05, 0) is 37.1 Å². The van der Waals surface area contributed by atoms with Crippen molar-refractivity contribution >= 4 is 5.97 Å². The van der Waals surface area contributed by atoms with Crippen molar-refractivity contribution in [3.05, 3.63) is 65.7 Å². The zero-order chi connectivity index (χ0) is 18.9. The largest absolute Gasteiger partial charge is 0.492 e. The maximum Gasteiger partial charge on any atom is 0.309 e. The molecule has 0 spiro atoms. The van der Waals surface area contributed by atoms with E-state index in [-0.39, 0.29) is 24.5 Å². The summed E-state index contributed by atoms with van der Waals surface area (Å²) in [4.78, 5) is 11.3. The SMILES string of the molecule is COC(=O)Cc1ccc(OCC(C)N[C@@H](C)[C@H](O)c2ccccc2)cc1. The molecule has 0 aliphatic rings. The zero-order valence-corrected chi connectivity index (χ0v) is 15.5. The molecule has 0 aliphatic heterocycles. The van der Waals surface area contributed by atoms with Gasteiger partial charge >= 0.3 is 5.97 Å². The molecule has 0 fully saturated rings. The van der Waals surface area contributed by atoms with Crippen LogP contribution in [0.2, 0.25) is 0 Å². The number of rotatable bonds is 9. The Morgan fingerprint density at radius 3 is 2.35 bits per heavy atom. The summed E-state index contributed by atoms with van der Waals surface area (Å²) in [5, 5.41) is 13.8. The number of ether oxygens (including phenoxy) is 2. The third-order valence-corrected chi connectivity index (χ3v) is 4.16. The first-order chi connectivity index (χ1) is 12.5. The topological polar surface area (TPSA) is 67.8 Å². The van der Waals surface area contributed by atoms with Crippen molar-refractivity contribution in [2.75, 3.05) is 13.7 Å². The van der Waals surface area contributed by atoms with Gasteiger partial charge in [-0.1, -0.05) is 42.5 Å². The quantitative estimate of drug-likeness (QED) is 0.676. The third-order valence-electron chi connectivity index (χ3n) is 4.16. The van der Waals surface area contributed by atoms with Crippen LogP contribution in [0, 0.1) is 0 Å². The number of hydrogen-bond acceptors (Lipinski definition) is 5. The Morgan fingerprint density at radius 1 is 1.08 bits per heavy atom.